The van der Waals surface area contributed by atoms with E-state index in [-0.39, 0.29) is 5.91 Å². The zero-order chi connectivity index (χ0) is 14.9. The molecule has 0 bridgehead atoms. The van der Waals surface area contributed by atoms with Crippen molar-refractivity contribution in [3.8, 4) is 0 Å². The second-order valence-electron chi connectivity index (χ2n) is 4.69. The topological polar surface area (TPSA) is 72.9 Å². The van der Waals surface area contributed by atoms with Gasteiger partial charge >= 0.3 is 0 Å². The standard InChI is InChI=1S/C14H17ClN4O/c1-8-11(9(2)19(3)18-8)7-17-14(20)10-4-5-13(16)12(15)6-10/h4-6H,7,16H2,1-3H3,(H,17,20). The number of aromatic nitrogens is 2. The van der Waals surface area contributed by atoms with Gasteiger partial charge in [-0.15, -0.1) is 0 Å². The largest absolute Gasteiger partial charge is 0.398 e. The summed E-state index contributed by atoms with van der Waals surface area (Å²) in [5.41, 5.74) is 9.56. The number of halogens is 1. The van der Waals surface area contributed by atoms with Gasteiger partial charge in [0.2, 0.25) is 0 Å². The Balaban J connectivity index is 2.10. The van der Waals surface area contributed by atoms with Gasteiger partial charge in [-0.2, -0.15) is 5.10 Å². The number of nitrogens with one attached hydrogen (secondary N) is 1. The van der Waals surface area contributed by atoms with Crippen molar-refractivity contribution in [1.29, 1.82) is 0 Å². The van der Waals surface area contributed by atoms with Crippen LogP contribution in [0.25, 0.3) is 0 Å². The fourth-order valence-corrected chi connectivity index (χ4v) is 2.19. The molecule has 0 aliphatic heterocycles. The fourth-order valence-electron chi connectivity index (χ4n) is 2.01. The first kappa shape index (κ1) is 14.4. The molecule has 0 radical (unpaired) electrons. The summed E-state index contributed by atoms with van der Waals surface area (Å²) in [5, 5.41) is 7.56. The Morgan fingerprint density at radius 3 is 2.70 bits per heavy atom. The molecule has 0 fully saturated rings. The van der Waals surface area contributed by atoms with Gasteiger partial charge in [0.15, 0.2) is 0 Å². The minimum atomic E-state index is -0.186. The van der Waals surface area contributed by atoms with Crippen molar-refractivity contribution in [2.75, 3.05) is 5.73 Å². The number of amides is 1. The molecule has 20 heavy (non-hydrogen) atoms. The molecule has 2 aromatic rings. The molecule has 0 saturated carbocycles. The Bertz CT molecular complexity index is 663. The predicted molar refractivity (Wildman–Crippen MR) is 79.7 cm³/mol. The lowest BCUT2D eigenvalue weighted by Gasteiger charge is -2.07. The number of carbonyl (C=O) groups excluding carboxylic acids is 1. The molecule has 1 aromatic heterocycles. The van der Waals surface area contributed by atoms with Crippen molar-refractivity contribution in [2.24, 2.45) is 7.05 Å². The van der Waals surface area contributed by atoms with Crippen LogP contribution in [0.5, 0.6) is 0 Å². The highest BCUT2D eigenvalue weighted by Gasteiger charge is 2.12. The maximum Gasteiger partial charge on any atom is 0.251 e. The molecule has 0 atom stereocenters. The van der Waals surface area contributed by atoms with E-state index in [0.717, 1.165) is 17.0 Å². The number of aryl methyl sites for hydroxylation is 2. The van der Waals surface area contributed by atoms with Crippen molar-refractivity contribution < 1.29 is 4.79 Å². The summed E-state index contributed by atoms with van der Waals surface area (Å²) in [6.45, 7) is 4.34. The van der Waals surface area contributed by atoms with Gasteiger partial charge in [-0.3, -0.25) is 9.48 Å². The molecular formula is C14H17ClN4O. The van der Waals surface area contributed by atoms with Crippen molar-refractivity contribution in [1.82, 2.24) is 15.1 Å². The van der Waals surface area contributed by atoms with Gasteiger partial charge in [0, 0.05) is 30.4 Å². The normalized spacial score (nSPS) is 10.6. The first-order chi connectivity index (χ1) is 9.40. The average molecular weight is 293 g/mol. The number of anilines is 1. The molecule has 0 aliphatic carbocycles. The third kappa shape index (κ3) is 2.77. The van der Waals surface area contributed by atoms with Gasteiger partial charge in [-0.1, -0.05) is 11.6 Å². The van der Waals surface area contributed by atoms with Crippen LogP contribution in [-0.4, -0.2) is 15.7 Å². The van der Waals surface area contributed by atoms with Crippen LogP contribution in [0.1, 0.15) is 27.3 Å². The highest BCUT2D eigenvalue weighted by molar-refractivity contribution is 6.33. The molecule has 5 nitrogen and oxygen atoms in total. The first-order valence-electron chi connectivity index (χ1n) is 6.22. The smallest absolute Gasteiger partial charge is 0.251 e. The van der Waals surface area contributed by atoms with Crippen molar-refractivity contribution in [3.05, 3.63) is 45.7 Å². The van der Waals surface area contributed by atoms with Crippen LogP contribution in [0.3, 0.4) is 0 Å². The number of benzene rings is 1. The number of rotatable bonds is 3. The molecule has 2 rings (SSSR count). The van der Waals surface area contributed by atoms with Crippen molar-refractivity contribution >= 4 is 23.2 Å². The van der Waals surface area contributed by atoms with Crippen LogP contribution >= 0.6 is 11.6 Å². The minimum absolute atomic E-state index is 0.186. The molecule has 1 aromatic carbocycles. The van der Waals surface area contributed by atoms with Crippen molar-refractivity contribution in [2.45, 2.75) is 20.4 Å². The molecule has 106 valence electrons. The molecule has 6 heteroatoms. The highest BCUT2D eigenvalue weighted by Crippen LogP contribution is 2.19. The summed E-state index contributed by atoms with van der Waals surface area (Å²) in [6, 6.07) is 4.84. The van der Waals surface area contributed by atoms with E-state index >= 15 is 0 Å². The minimum Gasteiger partial charge on any atom is -0.398 e. The maximum absolute atomic E-state index is 12.1. The molecule has 0 saturated heterocycles. The zero-order valence-corrected chi connectivity index (χ0v) is 12.5. The van der Waals surface area contributed by atoms with E-state index in [0.29, 0.717) is 22.8 Å². The van der Waals surface area contributed by atoms with E-state index in [1.54, 1.807) is 22.9 Å². The molecule has 0 aliphatic rings. The van der Waals surface area contributed by atoms with Gasteiger partial charge in [0.05, 0.1) is 16.4 Å². The van der Waals surface area contributed by atoms with Crippen LogP contribution in [0.2, 0.25) is 5.02 Å². The Kier molecular flexibility index (Phi) is 3.99. The summed E-state index contributed by atoms with van der Waals surface area (Å²) >= 11 is 5.91. The van der Waals surface area contributed by atoms with Gasteiger partial charge < -0.3 is 11.1 Å². The third-order valence-electron chi connectivity index (χ3n) is 3.35. The zero-order valence-electron chi connectivity index (χ0n) is 11.7. The van der Waals surface area contributed by atoms with E-state index in [2.05, 4.69) is 10.4 Å². The number of nitrogen functional groups attached to an aromatic ring is 1. The van der Waals surface area contributed by atoms with E-state index in [1.165, 1.54) is 0 Å². The quantitative estimate of drug-likeness (QED) is 0.852. The van der Waals surface area contributed by atoms with Gasteiger partial charge in [0.1, 0.15) is 0 Å². The second-order valence-corrected chi connectivity index (χ2v) is 5.10. The number of nitrogens with zero attached hydrogens (tertiary/aromatic N) is 2. The van der Waals surface area contributed by atoms with Crippen LogP contribution in [0, 0.1) is 13.8 Å². The SMILES string of the molecule is Cc1nn(C)c(C)c1CNC(=O)c1ccc(N)c(Cl)c1. The molecular weight excluding hydrogens is 276 g/mol. The highest BCUT2D eigenvalue weighted by atomic mass is 35.5. The van der Waals surface area contributed by atoms with Crippen LogP contribution in [0.4, 0.5) is 5.69 Å². The van der Waals surface area contributed by atoms with Crippen LogP contribution < -0.4 is 11.1 Å². The van der Waals surface area contributed by atoms with E-state index < -0.39 is 0 Å². The summed E-state index contributed by atoms with van der Waals surface area (Å²) in [6.07, 6.45) is 0. The van der Waals surface area contributed by atoms with Gasteiger partial charge in [-0.05, 0) is 32.0 Å². The number of hydrogen-bond donors (Lipinski definition) is 2. The summed E-state index contributed by atoms with van der Waals surface area (Å²) in [7, 11) is 1.88. The van der Waals surface area contributed by atoms with Gasteiger partial charge in [-0.25, -0.2) is 0 Å². The average Bonchev–Trinajstić information content (AvgIpc) is 2.64. The number of hydrogen-bond acceptors (Lipinski definition) is 3. The maximum atomic E-state index is 12.1. The van der Waals surface area contributed by atoms with Crippen LogP contribution in [0.15, 0.2) is 18.2 Å². The van der Waals surface area contributed by atoms with E-state index in [1.807, 2.05) is 20.9 Å². The van der Waals surface area contributed by atoms with Gasteiger partial charge in [0.25, 0.3) is 5.91 Å². The Hall–Kier alpha value is -2.01. The molecule has 0 spiro atoms. The Morgan fingerprint density at radius 1 is 1.45 bits per heavy atom. The predicted octanol–water partition coefficient (Wildman–Crippen LogP) is 2.20. The fraction of sp³-hybridized carbons (Fsp3) is 0.286. The number of carbonyl (C=O) groups is 1. The second kappa shape index (κ2) is 5.54. The third-order valence-corrected chi connectivity index (χ3v) is 3.67. The molecule has 1 heterocycles. The monoisotopic (exact) mass is 292 g/mol. The summed E-state index contributed by atoms with van der Waals surface area (Å²) in [5.74, 6) is -0.186. The Labute approximate surface area is 122 Å². The Morgan fingerprint density at radius 2 is 2.15 bits per heavy atom. The molecule has 1 amide bonds. The summed E-state index contributed by atoms with van der Waals surface area (Å²) < 4.78 is 1.80. The lowest BCUT2D eigenvalue weighted by atomic mass is 10.1. The lowest BCUT2D eigenvalue weighted by molar-refractivity contribution is 0.0951. The first-order valence-corrected chi connectivity index (χ1v) is 6.60. The molecule has 0 unspecified atom stereocenters. The summed E-state index contributed by atoms with van der Waals surface area (Å²) in [4.78, 5) is 12.1. The molecule has 3 N–H and O–H groups in total. The van der Waals surface area contributed by atoms with Crippen LogP contribution in [-0.2, 0) is 13.6 Å². The number of nitrogens with two attached hydrogens (primary N) is 1. The lowest BCUT2D eigenvalue weighted by Crippen LogP contribution is -2.23. The van der Waals surface area contributed by atoms with E-state index in [9.17, 15) is 4.79 Å². The van der Waals surface area contributed by atoms with Crippen molar-refractivity contribution in [3.63, 3.8) is 0 Å². The van der Waals surface area contributed by atoms with E-state index in [4.69, 9.17) is 17.3 Å².